The Bertz CT molecular complexity index is 232. The second-order valence-electron chi connectivity index (χ2n) is 4.51. The summed E-state index contributed by atoms with van der Waals surface area (Å²) in [5.74, 6) is -0.0593. The molecule has 0 spiro atoms. The van der Waals surface area contributed by atoms with Gasteiger partial charge in [-0.15, -0.1) is 0 Å². The van der Waals surface area contributed by atoms with Crippen molar-refractivity contribution in [3.63, 3.8) is 0 Å². The van der Waals surface area contributed by atoms with Crippen LogP contribution in [0.15, 0.2) is 0 Å². The lowest BCUT2D eigenvalue weighted by Gasteiger charge is -2.29. The first-order valence-corrected chi connectivity index (χ1v) is 5.81. The zero-order valence-corrected chi connectivity index (χ0v) is 9.02. The highest BCUT2D eigenvalue weighted by Crippen LogP contribution is 2.31. The van der Waals surface area contributed by atoms with Crippen LogP contribution in [0.4, 0.5) is 0 Å². The molecule has 1 aliphatic carbocycles. The van der Waals surface area contributed by atoms with Crippen LogP contribution in [-0.4, -0.2) is 48.3 Å². The molecular formula is C11H19NO3. The molecule has 0 aromatic heterocycles. The topological polar surface area (TPSA) is 49.8 Å². The van der Waals surface area contributed by atoms with Crippen molar-refractivity contribution in [1.29, 1.82) is 0 Å². The van der Waals surface area contributed by atoms with E-state index in [0.717, 1.165) is 19.8 Å². The number of ether oxygens (including phenoxy) is 1. The van der Waals surface area contributed by atoms with Crippen LogP contribution in [0.1, 0.15) is 25.7 Å². The lowest BCUT2D eigenvalue weighted by Crippen LogP contribution is -2.39. The number of nitrogens with zero attached hydrogens (tertiary/aromatic N) is 1. The Kier molecular flexibility index (Phi) is 3.59. The van der Waals surface area contributed by atoms with E-state index >= 15 is 0 Å². The van der Waals surface area contributed by atoms with Crippen LogP contribution in [0.2, 0.25) is 0 Å². The third-order valence-electron chi connectivity index (χ3n) is 3.56. The summed E-state index contributed by atoms with van der Waals surface area (Å²) >= 11 is 0. The van der Waals surface area contributed by atoms with Crippen molar-refractivity contribution in [3.8, 4) is 0 Å². The van der Waals surface area contributed by atoms with E-state index < -0.39 is 5.97 Å². The molecule has 0 radical (unpaired) electrons. The van der Waals surface area contributed by atoms with Crippen molar-refractivity contribution in [2.24, 2.45) is 5.92 Å². The highest BCUT2D eigenvalue weighted by Gasteiger charge is 2.33. The minimum absolute atomic E-state index is 0.253. The Balaban J connectivity index is 1.92. The summed E-state index contributed by atoms with van der Waals surface area (Å²) in [6.07, 6.45) is 3.98. The number of carboxylic acids is 1. The van der Waals surface area contributed by atoms with Crippen molar-refractivity contribution in [3.05, 3.63) is 0 Å². The van der Waals surface area contributed by atoms with E-state index in [4.69, 9.17) is 9.84 Å². The number of aliphatic carboxylic acids is 1. The molecule has 2 aliphatic rings. The van der Waals surface area contributed by atoms with Crippen LogP contribution in [0, 0.1) is 5.92 Å². The van der Waals surface area contributed by atoms with Crippen LogP contribution in [0.3, 0.4) is 0 Å². The van der Waals surface area contributed by atoms with Crippen molar-refractivity contribution < 1.29 is 14.6 Å². The second-order valence-corrected chi connectivity index (χ2v) is 4.51. The predicted molar refractivity (Wildman–Crippen MR) is 55.8 cm³/mol. The molecule has 2 atom stereocenters. The van der Waals surface area contributed by atoms with Gasteiger partial charge in [-0.05, 0) is 18.8 Å². The largest absolute Gasteiger partial charge is 0.481 e. The van der Waals surface area contributed by atoms with Gasteiger partial charge in [0.1, 0.15) is 0 Å². The molecule has 0 aromatic carbocycles. The van der Waals surface area contributed by atoms with Gasteiger partial charge in [0.15, 0.2) is 0 Å². The van der Waals surface area contributed by atoms with Gasteiger partial charge in [-0.25, -0.2) is 0 Å². The van der Waals surface area contributed by atoms with E-state index in [0.29, 0.717) is 18.5 Å². The molecule has 4 heteroatoms. The first-order chi connectivity index (χ1) is 7.27. The molecule has 1 heterocycles. The summed E-state index contributed by atoms with van der Waals surface area (Å²) < 4.78 is 5.56. The Morgan fingerprint density at radius 1 is 1.47 bits per heavy atom. The lowest BCUT2D eigenvalue weighted by molar-refractivity contribution is -0.137. The van der Waals surface area contributed by atoms with Gasteiger partial charge in [0.2, 0.25) is 0 Å². The molecule has 4 nitrogen and oxygen atoms in total. The maximum absolute atomic E-state index is 10.6. The van der Waals surface area contributed by atoms with Gasteiger partial charge < -0.3 is 9.84 Å². The van der Waals surface area contributed by atoms with E-state index in [1.807, 2.05) is 0 Å². The molecule has 2 fully saturated rings. The van der Waals surface area contributed by atoms with E-state index in [2.05, 4.69) is 4.90 Å². The number of hydrogen-bond acceptors (Lipinski definition) is 3. The molecule has 15 heavy (non-hydrogen) atoms. The molecule has 1 saturated carbocycles. The fourth-order valence-electron chi connectivity index (χ4n) is 2.79. The summed E-state index contributed by atoms with van der Waals surface area (Å²) in [5.41, 5.74) is 0. The number of carboxylic acid groups (broad SMARTS) is 1. The van der Waals surface area contributed by atoms with Gasteiger partial charge in [0.25, 0.3) is 0 Å². The SMILES string of the molecule is O=C(O)CCN1CCOC[C@@H]2CCC[C@H]21. The van der Waals surface area contributed by atoms with Gasteiger partial charge in [-0.2, -0.15) is 0 Å². The van der Waals surface area contributed by atoms with Gasteiger partial charge in [0, 0.05) is 19.1 Å². The summed E-state index contributed by atoms with van der Waals surface area (Å²) in [5, 5.41) is 8.70. The minimum Gasteiger partial charge on any atom is -0.481 e. The number of fused-ring (bicyclic) bond motifs is 1. The van der Waals surface area contributed by atoms with E-state index in [-0.39, 0.29) is 6.42 Å². The zero-order chi connectivity index (χ0) is 10.7. The quantitative estimate of drug-likeness (QED) is 0.758. The maximum Gasteiger partial charge on any atom is 0.304 e. The van der Waals surface area contributed by atoms with Crippen molar-refractivity contribution in [2.45, 2.75) is 31.7 Å². The molecule has 0 aromatic rings. The minimum atomic E-state index is -0.699. The molecule has 1 saturated heterocycles. The molecule has 0 unspecified atom stereocenters. The summed E-state index contributed by atoms with van der Waals surface area (Å²) in [6.45, 7) is 3.20. The van der Waals surface area contributed by atoms with E-state index in [1.165, 1.54) is 19.3 Å². The molecule has 0 amide bonds. The van der Waals surface area contributed by atoms with Gasteiger partial charge in [-0.1, -0.05) is 6.42 Å². The van der Waals surface area contributed by atoms with Crippen LogP contribution >= 0.6 is 0 Å². The highest BCUT2D eigenvalue weighted by atomic mass is 16.5. The van der Waals surface area contributed by atoms with Gasteiger partial charge in [-0.3, -0.25) is 9.69 Å². The average Bonchev–Trinajstić information content (AvgIpc) is 2.57. The maximum atomic E-state index is 10.6. The Morgan fingerprint density at radius 2 is 2.33 bits per heavy atom. The third kappa shape index (κ3) is 2.69. The van der Waals surface area contributed by atoms with Crippen LogP contribution < -0.4 is 0 Å². The normalized spacial score (nSPS) is 32.3. The summed E-state index contributed by atoms with van der Waals surface area (Å²) in [4.78, 5) is 12.9. The number of hydrogen-bond donors (Lipinski definition) is 1. The van der Waals surface area contributed by atoms with Crippen molar-refractivity contribution in [1.82, 2.24) is 4.90 Å². The predicted octanol–water partition coefficient (Wildman–Crippen LogP) is 0.962. The van der Waals surface area contributed by atoms with Gasteiger partial charge in [0.05, 0.1) is 19.6 Å². The monoisotopic (exact) mass is 213 g/mol. The zero-order valence-electron chi connectivity index (χ0n) is 9.02. The van der Waals surface area contributed by atoms with Gasteiger partial charge >= 0.3 is 5.97 Å². The fourth-order valence-corrected chi connectivity index (χ4v) is 2.79. The van der Waals surface area contributed by atoms with Crippen LogP contribution in [-0.2, 0) is 9.53 Å². The van der Waals surface area contributed by atoms with Crippen molar-refractivity contribution in [2.75, 3.05) is 26.3 Å². The smallest absolute Gasteiger partial charge is 0.304 e. The highest BCUT2D eigenvalue weighted by molar-refractivity contribution is 5.66. The fraction of sp³-hybridized carbons (Fsp3) is 0.909. The molecule has 1 aliphatic heterocycles. The molecule has 86 valence electrons. The van der Waals surface area contributed by atoms with Crippen LogP contribution in [0.25, 0.3) is 0 Å². The standard InChI is InChI=1S/C11H19NO3/c13-11(14)4-5-12-6-7-15-8-9-2-1-3-10(9)12/h9-10H,1-8H2,(H,13,14)/t9-,10+/m0/s1. The Morgan fingerprint density at radius 3 is 3.13 bits per heavy atom. The Labute approximate surface area is 90.2 Å². The second kappa shape index (κ2) is 4.94. The first kappa shape index (κ1) is 10.9. The molecule has 1 N–H and O–H groups in total. The molecule has 0 bridgehead atoms. The lowest BCUT2D eigenvalue weighted by atomic mass is 10.0. The first-order valence-electron chi connectivity index (χ1n) is 5.81. The number of carbonyl (C=O) groups is 1. The summed E-state index contributed by atoms with van der Waals surface area (Å²) in [7, 11) is 0. The Hall–Kier alpha value is -0.610. The number of rotatable bonds is 3. The van der Waals surface area contributed by atoms with E-state index in [1.54, 1.807) is 0 Å². The molecular weight excluding hydrogens is 194 g/mol. The van der Waals surface area contributed by atoms with E-state index in [9.17, 15) is 4.79 Å². The average molecular weight is 213 g/mol. The molecule has 2 rings (SSSR count). The summed E-state index contributed by atoms with van der Waals surface area (Å²) in [6, 6.07) is 0.576. The third-order valence-corrected chi connectivity index (χ3v) is 3.56. The van der Waals surface area contributed by atoms with Crippen LogP contribution in [0.5, 0.6) is 0 Å². The van der Waals surface area contributed by atoms with Crippen molar-refractivity contribution >= 4 is 5.97 Å².